The number of ether oxygens (including phenoxy) is 2. The van der Waals surface area contributed by atoms with Crippen LogP contribution in [0.2, 0.25) is 0 Å². The van der Waals surface area contributed by atoms with Gasteiger partial charge in [0.2, 0.25) is 0 Å². The zero-order valence-electron chi connectivity index (χ0n) is 15.9. The number of hydrogen-bond acceptors (Lipinski definition) is 6. The summed E-state index contributed by atoms with van der Waals surface area (Å²) in [5.41, 5.74) is 1.24. The molecule has 1 N–H and O–H groups in total. The van der Waals surface area contributed by atoms with Crippen LogP contribution in [0.5, 0.6) is 0 Å². The summed E-state index contributed by atoms with van der Waals surface area (Å²) in [7, 11) is 0. The summed E-state index contributed by atoms with van der Waals surface area (Å²) >= 11 is 0. The summed E-state index contributed by atoms with van der Waals surface area (Å²) in [5, 5.41) is 10.2. The van der Waals surface area contributed by atoms with E-state index in [1.807, 2.05) is 6.07 Å². The normalized spacial score (nSPS) is 14.0. The SMILES string of the molecule is CCOC(=O)/C(=C(\C)O)C(c1ccccc1C)C(C(C)=O)C(=O)OCC. The summed E-state index contributed by atoms with van der Waals surface area (Å²) in [6.07, 6.45) is 0. The monoisotopic (exact) mass is 362 g/mol. The van der Waals surface area contributed by atoms with Crippen molar-refractivity contribution in [2.75, 3.05) is 13.2 Å². The van der Waals surface area contributed by atoms with Crippen LogP contribution >= 0.6 is 0 Å². The first-order chi connectivity index (χ1) is 12.3. The highest BCUT2D eigenvalue weighted by molar-refractivity contribution is 6.02. The molecule has 142 valence electrons. The number of allylic oxidation sites excluding steroid dienone is 1. The third-order valence-corrected chi connectivity index (χ3v) is 4.03. The molecule has 0 spiro atoms. The van der Waals surface area contributed by atoms with Crippen LogP contribution in [0.1, 0.15) is 44.7 Å². The molecule has 0 radical (unpaired) electrons. The lowest BCUT2D eigenvalue weighted by atomic mass is 9.76. The highest BCUT2D eigenvalue weighted by Crippen LogP contribution is 2.37. The Bertz CT molecular complexity index is 700. The van der Waals surface area contributed by atoms with Crippen molar-refractivity contribution in [2.24, 2.45) is 5.92 Å². The molecule has 1 aromatic rings. The lowest BCUT2D eigenvalue weighted by Gasteiger charge is -2.27. The number of ketones is 1. The van der Waals surface area contributed by atoms with Gasteiger partial charge in [-0.2, -0.15) is 0 Å². The van der Waals surface area contributed by atoms with Gasteiger partial charge < -0.3 is 14.6 Å². The van der Waals surface area contributed by atoms with Crippen molar-refractivity contribution in [3.05, 3.63) is 46.7 Å². The minimum Gasteiger partial charge on any atom is -0.512 e. The minimum atomic E-state index is -1.27. The molecule has 0 heterocycles. The first kappa shape index (κ1) is 21.4. The van der Waals surface area contributed by atoms with Crippen LogP contribution in [0.15, 0.2) is 35.6 Å². The summed E-state index contributed by atoms with van der Waals surface area (Å²) in [5.74, 6) is -4.53. The van der Waals surface area contributed by atoms with Gasteiger partial charge in [0.05, 0.1) is 18.8 Å². The van der Waals surface area contributed by atoms with Crippen molar-refractivity contribution in [3.8, 4) is 0 Å². The number of hydrogen-bond donors (Lipinski definition) is 1. The Labute approximate surface area is 153 Å². The van der Waals surface area contributed by atoms with Gasteiger partial charge in [0, 0.05) is 5.92 Å². The van der Waals surface area contributed by atoms with E-state index in [9.17, 15) is 19.5 Å². The lowest BCUT2D eigenvalue weighted by molar-refractivity contribution is -0.152. The highest BCUT2D eigenvalue weighted by Gasteiger charge is 2.41. The molecule has 1 aromatic carbocycles. The number of benzene rings is 1. The maximum atomic E-state index is 12.5. The van der Waals surface area contributed by atoms with E-state index < -0.39 is 29.6 Å². The maximum Gasteiger partial charge on any atom is 0.338 e. The van der Waals surface area contributed by atoms with E-state index in [0.29, 0.717) is 5.56 Å². The standard InChI is InChI=1S/C20H26O6/c1-6-25-19(23)16(13(4)21)18(15-11-9-8-10-12(15)3)17(14(5)22)20(24)26-7-2/h8-11,16,18,22H,6-7H2,1-5H3/b17-14+. The Kier molecular flexibility index (Phi) is 8.03. The molecule has 2 unspecified atom stereocenters. The molecule has 0 saturated heterocycles. The second kappa shape index (κ2) is 9.75. The zero-order chi connectivity index (χ0) is 19.9. The van der Waals surface area contributed by atoms with E-state index in [-0.39, 0.29) is 24.5 Å². The van der Waals surface area contributed by atoms with Gasteiger partial charge in [-0.25, -0.2) is 4.79 Å². The van der Waals surface area contributed by atoms with Crippen molar-refractivity contribution >= 4 is 17.7 Å². The van der Waals surface area contributed by atoms with E-state index in [2.05, 4.69) is 0 Å². The van der Waals surface area contributed by atoms with Gasteiger partial charge >= 0.3 is 11.9 Å². The molecule has 0 bridgehead atoms. The molecule has 0 fully saturated rings. The van der Waals surface area contributed by atoms with Gasteiger partial charge in [-0.15, -0.1) is 0 Å². The fourth-order valence-electron chi connectivity index (χ4n) is 2.91. The number of carbonyl (C=O) groups is 3. The van der Waals surface area contributed by atoms with Crippen molar-refractivity contribution in [2.45, 2.75) is 40.5 Å². The Morgan fingerprint density at radius 3 is 2.08 bits per heavy atom. The Hall–Kier alpha value is -2.63. The molecule has 2 atom stereocenters. The van der Waals surface area contributed by atoms with Crippen LogP contribution in [0.3, 0.4) is 0 Å². The molecule has 0 aliphatic heterocycles. The average molecular weight is 362 g/mol. The van der Waals surface area contributed by atoms with Crippen LogP contribution in [-0.2, 0) is 23.9 Å². The molecular weight excluding hydrogens is 336 g/mol. The summed E-state index contributed by atoms with van der Waals surface area (Å²) < 4.78 is 10.1. The molecule has 0 saturated carbocycles. The molecule has 0 aliphatic carbocycles. The van der Waals surface area contributed by atoms with Crippen molar-refractivity contribution in [3.63, 3.8) is 0 Å². The zero-order valence-corrected chi connectivity index (χ0v) is 15.9. The van der Waals surface area contributed by atoms with Gasteiger partial charge in [0.15, 0.2) is 0 Å². The second-order valence-electron chi connectivity index (χ2n) is 5.89. The third-order valence-electron chi connectivity index (χ3n) is 4.03. The van der Waals surface area contributed by atoms with E-state index in [0.717, 1.165) is 5.56 Å². The van der Waals surface area contributed by atoms with Gasteiger partial charge in [-0.3, -0.25) is 9.59 Å². The Balaban J connectivity index is 3.69. The number of aliphatic hydroxyl groups is 1. The maximum absolute atomic E-state index is 12.5. The predicted molar refractivity (Wildman–Crippen MR) is 96.7 cm³/mol. The molecular formula is C20H26O6. The van der Waals surface area contributed by atoms with Gasteiger partial charge in [-0.05, 0) is 45.7 Å². The van der Waals surface area contributed by atoms with E-state index >= 15 is 0 Å². The van der Waals surface area contributed by atoms with Crippen molar-refractivity contribution < 1.29 is 29.0 Å². The quantitative estimate of drug-likeness (QED) is 0.330. The van der Waals surface area contributed by atoms with Gasteiger partial charge in [0.1, 0.15) is 17.5 Å². The van der Waals surface area contributed by atoms with Crippen LogP contribution in [0.4, 0.5) is 0 Å². The summed E-state index contributed by atoms with van der Waals surface area (Å²) in [6.45, 7) is 7.87. The van der Waals surface area contributed by atoms with Crippen LogP contribution < -0.4 is 0 Å². The summed E-state index contributed by atoms with van der Waals surface area (Å²) in [6, 6.07) is 7.08. The van der Waals surface area contributed by atoms with E-state index in [1.54, 1.807) is 39.0 Å². The fourth-order valence-corrected chi connectivity index (χ4v) is 2.91. The van der Waals surface area contributed by atoms with E-state index in [4.69, 9.17) is 9.47 Å². The number of Topliss-reactive ketones (excluding diaryl/α,β-unsaturated/α-hetero) is 1. The molecule has 6 heteroatoms. The van der Waals surface area contributed by atoms with Gasteiger partial charge in [0.25, 0.3) is 0 Å². The Morgan fingerprint density at radius 2 is 1.62 bits per heavy atom. The third kappa shape index (κ3) is 4.94. The number of esters is 2. The molecule has 0 amide bonds. The lowest BCUT2D eigenvalue weighted by Crippen LogP contribution is -2.34. The van der Waals surface area contributed by atoms with E-state index in [1.165, 1.54) is 13.8 Å². The summed E-state index contributed by atoms with van der Waals surface area (Å²) in [4.78, 5) is 37.4. The highest BCUT2D eigenvalue weighted by atomic mass is 16.5. The number of aryl methyl sites for hydroxylation is 1. The number of aliphatic hydroxyl groups excluding tert-OH is 1. The average Bonchev–Trinajstić information content (AvgIpc) is 2.54. The topological polar surface area (TPSA) is 89.9 Å². The smallest absolute Gasteiger partial charge is 0.338 e. The number of carbonyl (C=O) groups excluding carboxylic acids is 3. The van der Waals surface area contributed by atoms with Crippen LogP contribution in [-0.4, -0.2) is 36.0 Å². The Morgan fingerprint density at radius 1 is 1.04 bits per heavy atom. The van der Waals surface area contributed by atoms with Gasteiger partial charge in [-0.1, -0.05) is 24.3 Å². The largest absolute Gasteiger partial charge is 0.512 e. The van der Waals surface area contributed by atoms with Crippen LogP contribution in [0.25, 0.3) is 0 Å². The fraction of sp³-hybridized carbons (Fsp3) is 0.450. The molecule has 1 rings (SSSR count). The molecule has 6 nitrogen and oxygen atoms in total. The predicted octanol–water partition coefficient (Wildman–Crippen LogP) is 3.24. The molecule has 26 heavy (non-hydrogen) atoms. The van der Waals surface area contributed by atoms with Crippen LogP contribution in [0, 0.1) is 12.8 Å². The number of rotatable bonds is 8. The second-order valence-corrected chi connectivity index (χ2v) is 5.89. The minimum absolute atomic E-state index is 0.0969. The molecule has 0 aliphatic rings. The molecule has 0 aromatic heterocycles. The first-order valence-corrected chi connectivity index (χ1v) is 8.55. The van der Waals surface area contributed by atoms with Crippen molar-refractivity contribution in [1.29, 1.82) is 0 Å². The first-order valence-electron chi connectivity index (χ1n) is 8.55. The van der Waals surface area contributed by atoms with Crippen molar-refractivity contribution in [1.82, 2.24) is 0 Å².